The molecule has 1 fully saturated rings. The van der Waals surface area contributed by atoms with E-state index in [4.69, 9.17) is 18.9 Å². The fraction of sp³-hybridized carbons (Fsp3) is 0.586. The lowest BCUT2D eigenvalue weighted by Crippen LogP contribution is -2.53. The van der Waals surface area contributed by atoms with E-state index in [1.54, 1.807) is 38.1 Å². The van der Waals surface area contributed by atoms with Crippen molar-refractivity contribution in [3.8, 4) is 11.5 Å². The molecular formula is C29H40O7. The van der Waals surface area contributed by atoms with Crippen LogP contribution >= 0.6 is 0 Å². The maximum atomic E-state index is 13.3. The summed E-state index contributed by atoms with van der Waals surface area (Å²) in [6.45, 7) is 11.5. The Hall–Kier alpha value is -2.80. The molecule has 198 valence electrons. The number of hydrogen-bond donors (Lipinski definition) is 1. The maximum Gasteiger partial charge on any atom is 0.338 e. The van der Waals surface area contributed by atoms with Gasteiger partial charge in [-0.3, -0.25) is 0 Å². The average molecular weight is 501 g/mol. The SMILES string of the molecule is CC=C(C)C(=O)O[C@@H]1C=C(C)C[C@H](OC(=O)c2ccc(OC)c(OC)c2)[C@@H]2[C@]1(C)CC[C@@]2(O)C(C)C. The number of allylic oxidation sites excluding steroid dienone is 1. The number of methoxy groups -OCH3 is 2. The first kappa shape index (κ1) is 27.8. The number of hydrogen-bond acceptors (Lipinski definition) is 7. The van der Waals surface area contributed by atoms with Crippen molar-refractivity contribution in [2.75, 3.05) is 14.2 Å². The van der Waals surface area contributed by atoms with Gasteiger partial charge in [0.2, 0.25) is 0 Å². The standard InChI is InChI=1S/C29H40O7/c1-9-19(5)26(30)36-24-15-18(4)14-23(25-28(24,6)12-13-29(25,32)17(2)3)35-27(31)20-10-11-21(33-7)22(16-20)34-8/h9-11,15-17,23-25,32H,12-14H2,1-8H3/t23-,24+,25+,28+,29+/m0/s1. The van der Waals surface area contributed by atoms with Crippen LogP contribution in [0.5, 0.6) is 11.5 Å². The smallest absolute Gasteiger partial charge is 0.338 e. The Bertz CT molecular complexity index is 1060. The zero-order valence-corrected chi connectivity index (χ0v) is 22.7. The molecule has 3 rings (SSSR count). The van der Waals surface area contributed by atoms with Crippen molar-refractivity contribution in [3.05, 3.63) is 47.1 Å². The molecule has 0 aromatic heterocycles. The summed E-state index contributed by atoms with van der Waals surface area (Å²) < 4.78 is 22.8. The highest BCUT2D eigenvalue weighted by molar-refractivity contribution is 5.90. The molecule has 7 nitrogen and oxygen atoms in total. The van der Waals surface area contributed by atoms with E-state index in [-0.39, 0.29) is 11.9 Å². The molecule has 1 N–H and O–H groups in total. The third-order valence-corrected chi connectivity index (χ3v) is 8.16. The highest BCUT2D eigenvalue weighted by atomic mass is 16.6. The molecule has 1 saturated carbocycles. The van der Waals surface area contributed by atoms with Gasteiger partial charge in [-0.2, -0.15) is 0 Å². The van der Waals surface area contributed by atoms with Crippen LogP contribution in [-0.2, 0) is 14.3 Å². The zero-order valence-electron chi connectivity index (χ0n) is 22.7. The molecule has 0 unspecified atom stereocenters. The topological polar surface area (TPSA) is 91.3 Å². The van der Waals surface area contributed by atoms with Crippen molar-refractivity contribution in [2.45, 2.75) is 78.6 Å². The molecule has 7 heteroatoms. The van der Waals surface area contributed by atoms with E-state index in [1.165, 1.54) is 14.2 Å². The van der Waals surface area contributed by atoms with Crippen LogP contribution in [0.2, 0.25) is 0 Å². The van der Waals surface area contributed by atoms with Crippen molar-refractivity contribution >= 4 is 11.9 Å². The Labute approximate surface area is 214 Å². The van der Waals surface area contributed by atoms with Crippen LogP contribution in [0.15, 0.2) is 41.5 Å². The van der Waals surface area contributed by atoms with Gasteiger partial charge in [0.1, 0.15) is 12.2 Å². The Balaban J connectivity index is 2.01. The van der Waals surface area contributed by atoms with Gasteiger partial charge in [0.15, 0.2) is 11.5 Å². The van der Waals surface area contributed by atoms with Gasteiger partial charge in [-0.1, -0.05) is 32.4 Å². The van der Waals surface area contributed by atoms with Gasteiger partial charge in [-0.05, 0) is 63.8 Å². The molecule has 1 aromatic carbocycles. The Morgan fingerprint density at radius 3 is 2.36 bits per heavy atom. The highest BCUT2D eigenvalue weighted by Gasteiger charge is 2.63. The Morgan fingerprint density at radius 2 is 1.78 bits per heavy atom. The number of carbonyl (C=O) groups excluding carboxylic acids is 2. The normalized spacial score (nSPS) is 30.2. The number of fused-ring (bicyclic) bond motifs is 1. The zero-order chi connectivity index (χ0) is 26.8. The number of esters is 2. The minimum atomic E-state index is -1.09. The molecular weight excluding hydrogens is 460 g/mol. The molecule has 0 heterocycles. The second-order valence-electron chi connectivity index (χ2n) is 10.7. The van der Waals surface area contributed by atoms with Crippen LogP contribution in [0.25, 0.3) is 0 Å². The van der Waals surface area contributed by atoms with E-state index in [2.05, 4.69) is 0 Å². The summed E-state index contributed by atoms with van der Waals surface area (Å²) in [5.74, 6) is -0.465. The van der Waals surface area contributed by atoms with Gasteiger partial charge in [0.05, 0.1) is 25.4 Å². The summed E-state index contributed by atoms with van der Waals surface area (Å²) in [6, 6.07) is 4.89. The van der Waals surface area contributed by atoms with Crippen LogP contribution in [0, 0.1) is 17.3 Å². The molecule has 0 aliphatic heterocycles. The lowest BCUT2D eigenvalue weighted by atomic mass is 9.66. The van der Waals surface area contributed by atoms with Crippen molar-refractivity contribution in [2.24, 2.45) is 17.3 Å². The molecule has 36 heavy (non-hydrogen) atoms. The van der Waals surface area contributed by atoms with E-state index in [0.717, 1.165) is 5.57 Å². The monoisotopic (exact) mass is 500 g/mol. The van der Waals surface area contributed by atoms with E-state index < -0.39 is 35.1 Å². The minimum absolute atomic E-state index is 0.0846. The van der Waals surface area contributed by atoms with Crippen molar-refractivity contribution < 1.29 is 33.6 Å². The Morgan fingerprint density at radius 1 is 1.11 bits per heavy atom. The Kier molecular flexibility index (Phi) is 8.23. The van der Waals surface area contributed by atoms with Crippen LogP contribution < -0.4 is 9.47 Å². The summed E-state index contributed by atoms with van der Waals surface area (Å²) in [4.78, 5) is 26.1. The van der Waals surface area contributed by atoms with Crippen LogP contribution in [0.1, 0.15) is 71.2 Å². The molecule has 1 aromatic rings. The molecule has 2 aliphatic carbocycles. The molecule has 0 spiro atoms. The van der Waals surface area contributed by atoms with E-state index in [9.17, 15) is 14.7 Å². The second-order valence-corrected chi connectivity index (χ2v) is 10.7. The van der Waals surface area contributed by atoms with Crippen molar-refractivity contribution in [3.63, 3.8) is 0 Å². The van der Waals surface area contributed by atoms with Crippen LogP contribution in [0.3, 0.4) is 0 Å². The first-order valence-electron chi connectivity index (χ1n) is 12.6. The lowest BCUT2D eigenvalue weighted by molar-refractivity contribution is -0.159. The fourth-order valence-electron chi connectivity index (χ4n) is 5.79. The number of ether oxygens (including phenoxy) is 4. The molecule has 2 aliphatic rings. The van der Waals surface area contributed by atoms with Crippen molar-refractivity contribution in [1.82, 2.24) is 0 Å². The molecule has 0 radical (unpaired) electrons. The first-order chi connectivity index (χ1) is 16.9. The predicted molar refractivity (Wildman–Crippen MR) is 137 cm³/mol. The largest absolute Gasteiger partial charge is 0.493 e. The lowest BCUT2D eigenvalue weighted by Gasteiger charge is -2.45. The van der Waals surface area contributed by atoms with Crippen molar-refractivity contribution in [1.29, 1.82) is 0 Å². The van der Waals surface area contributed by atoms with Gasteiger partial charge in [0.25, 0.3) is 0 Å². The quantitative estimate of drug-likeness (QED) is 0.310. The summed E-state index contributed by atoms with van der Waals surface area (Å²) in [7, 11) is 3.04. The average Bonchev–Trinajstić information content (AvgIpc) is 3.09. The second kappa shape index (κ2) is 10.7. The summed E-state index contributed by atoms with van der Waals surface area (Å²) in [6.07, 6.45) is 4.13. The summed E-state index contributed by atoms with van der Waals surface area (Å²) in [5, 5.41) is 11.9. The predicted octanol–water partition coefficient (Wildman–Crippen LogP) is 5.26. The maximum absolute atomic E-state index is 13.3. The molecule has 5 atom stereocenters. The van der Waals surface area contributed by atoms with Gasteiger partial charge in [0, 0.05) is 23.3 Å². The van der Waals surface area contributed by atoms with E-state index in [1.807, 2.05) is 33.8 Å². The van der Waals surface area contributed by atoms with Crippen LogP contribution in [0.4, 0.5) is 0 Å². The number of rotatable bonds is 7. The first-order valence-corrected chi connectivity index (χ1v) is 12.6. The van der Waals surface area contributed by atoms with E-state index >= 15 is 0 Å². The van der Waals surface area contributed by atoms with Gasteiger partial charge in [-0.25, -0.2) is 9.59 Å². The summed E-state index contributed by atoms with van der Waals surface area (Å²) >= 11 is 0. The fourth-order valence-corrected chi connectivity index (χ4v) is 5.79. The third-order valence-electron chi connectivity index (χ3n) is 8.16. The number of benzene rings is 1. The molecule has 0 amide bonds. The summed E-state index contributed by atoms with van der Waals surface area (Å²) in [5.41, 5.74) is 0.0915. The van der Waals surface area contributed by atoms with Gasteiger partial charge < -0.3 is 24.1 Å². The molecule has 0 saturated heterocycles. The van der Waals surface area contributed by atoms with Crippen LogP contribution in [-0.4, -0.2) is 49.1 Å². The minimum Gasteiger partial charge on any atom is -0.493 e. The highest BCUT2D eigenvalue weighted by Crippen LogP contribution is 2.58. The van der Waals surface area contributed by atoms with Gasteiger partial charge >= 0.3 is 11.9 Å². The molecule has 0 bridgehead atoms. The van der Waals surface area contributed by atoms with Gasteiger partial charge in [-0.15, -0.1) is 0 Å². The third kappa shape index (κ3) is 5.03. The number of aliphatic hydroxyl groups is 1. The number of carbonyl (C=O) groups is 2. The van der Waals surface area contributed by atoms with E-state index in [0.29, 0.717) is 41.9 Å².